The largest absolute Gasteiger partial charge is 0.508 e. The molecule has 3 heterocycles. The van der Waals surface area contributed by atoms with Crippen molar-refractivity contribution in [1.29, 1.82) is 0 Å². The zero-order valence-electron chi connectivity index (χ0n) is 18.6. The molecule has 2 atom stereocenters. The van der Waals surface area contributed by atoms with Crippen LogP contribution in [0.25, 0.3) is 32.8 Å². The number of nitrogens with one attached hydrogen (secondary N) is 1. The first-order chi connectivity index (χ1) is 16.0. The second-order valence-electron chi connectivity index (χ2n) is 8.95. The molecule has 2 N–H and O–H groups in total. The molecule has 2 aliphatic rings. The first-order valence-electron chi connectivity index (χ1n) is 11.3. The fourth-order valence-electron chi connectivity index (χ4n) is 5.58. The number of anilines is 1. The SMILES string of the molecule is COc1nc(N2C3CCC2CNC3)c2ccc(-c3cc(O)cc4cccc(Cl)c34)c(C)c2n1. The van der Waals surface area contributed by atoms with Gasteiger partial charge in [-0.1, -0.05) is 29.8 Å². The van der Waals surface area contributed by atoms with E-state index in [1.165, 1.54) is 0 Å². The van der Waals surface area contributed by atoms with E-state index in [2.05, 4.69) is 29.3 Å². The number of aryl methyl sites for hydroxylation is 1. The van der Waals surface area contributed by atoms with Crippen molar-refractivity contribution < 1.29 is 9.84 Å². The van der Waals surface area contributed by atoms with E-state index in [-0.39, 0.29) is 5.75 Å². The van der Waals surface area contributed by atoms with Crippen molar-refractivity contribution in [3.05, 3.63) is 53.1 Å². The van der Waals surface area contributed by atoms with Gasteiger partial charge in [0.25, 0.3) is 0 Å². The summed E-state index contributed by atoms with van der Waals surface area (Å²) in [5.41, 5.74) is 3.72. The summed E-state index contributed by atoms with van der Waals surface area (Å²) in [6.07, 6.45) is 2.33. The van der Waals surface area contributed by atoms with Crippen LogP contribution in [0, 0.1) is 6.92 Å². The van der Waals surface area contributed by atoms with Crippen molar-refractivity contribution in [2.75, 3.05) is 25.1 Å². The van der Waals surface area contributed by atoms with Crippen molar-refractivity contribution in [3.63, 3.8) is 0 Å². The van der Waals surface area contributed by atoms with Crippen LogP contribution in [0.5, 0.6) is 11.8 Å². The lowest BCUT2D eigenvalue weighted by atomic mass is 9.93. The van der Waals surface area contributed by atoms with Gasteiger partial charge in [-0.15, -0.1) is 0 Å². The molecule has 168 valence electrons. The number of nitrogens with zero attached hydrogens (tertiary/aromatic N) is 3. The predicted octanol–water partition coefficient (Wildman–Crippen LogP) is 5.07. The van der Waals surface area contributed by atoms with E-state index in [4.69, 9.17) is 26.3 Å². The molecule has 2 fully saturated rings. The number of halogens is 1. The molecule has 3 aromatic carbocycles. The summed E-state index contributed by atoms with van der Waals surface area (Å²) in [7, 11) is 1.61. The van der Waals surface area contributed by atoms with Gasteiger partial charge in [-0.25, -0.2) is 0 Å². The molecule has 2 unspecified atom stereocenters. The highest BCUT2D eigenvalue weighted by molar-refractivity contribution is 6.36. The van der Waals surface area contributed by atoms with Crippen LogP contribution in [0.4, 0.5) is 5.82 Å². The minimum absolute atomic E-state index is 0.206. The fraction of sp³-hybridized carbons (Fsp3) is 0.308. The van der Waals surface area contributed by atoms with E-state index in [9.17, 15) is 5.11 Å². The van der Waals surface area contributed by atoms with E-state index in [0.29, 0.717) is 23.1 Å². The molecule has 6 nitrogen and oxygen atoms in total. The number of hydrogen-bond donors (Lipinski definition) is 2. The van der Waals surface area contributed by atoms with Gasteiger partial charge in [-0.3, -0.25) is 0 Å². The van der Waals surface area contributed by atoms with E-state index in [0.717, 1.165) is 70.1 Å². The molecule has 0 amide bonds. The summed E-state index contributed by atoms with van der Waals surface area (Å²) in [6.45, 7) is 4.00. The van der Waals surface area contributed by atoms with E-state index in [1.807, 2.05) is 18.2 Å². The Bertz CT molecular complexity index is 1390. The second-order valence-corrected chi connectivity index (χ2v) is 9.36. The Hall–Kier alpha value is -3.09. The lowest BCUT2D eigenvalue weighted by Crippen LogP contribution is -2.52. The normalized spacial score (nSPS) is 20.0. The van der Waals surface area contributed by atoms with Crippen molar-refractivity contribution in [2.45, 2.75) is 31.8 Å². The van der Waals surface area contributed by atoms with Crippen LogP contribution >= 0.6 is 11.6 Å². The highest BCUT2D eigenvalue weighted by Crippen LogP contribution is 2.42. The topological polar surface area (TPSA) is 70.5 Å². The smallest absolute Gasteiger partial charge is 0.318 e. The Labute approximate surface area is 197 Å². The van der Waals surface area contributed by atoms with Gasteiger partial charge in [-0.2, -0.15) is 9.97 Å². The highest BCUT2D eigenvalue weighted by Gasteiger charge is 2.38. The Morgan fingerprint density at radius 1 is 1.06 bits per heavy atom. The molecular formula is C26H25ClN4O2. The number of hydrogen-bond acceptors (Lipinski definition) is 6. The number of methoxy groups -OCH3 is 1. The fourth-order valence-corrected chi connectivity index (χ4v) is 5.86. The molecule has 33 heavy (non-hydrogen) atoms. The van der Waals surface area contributed by atoms with Gasteiger partial charge < -0.3 is 20.1 Å². The molecule has 1 aromatic heterocycles. The predicted molar refractivity (Wildman–Crippen MR) is 133 cm³/mol. The third-order valence-corrected chi connectivity index (χ3v) is 7.40. The zero-order chi connectivity index (χ0) is 22.7. The Kier molecular flexibility index (Phi) is 4.82. The standard InChI is InChI=1S/C26H25ClN4O2/c1-14-19(21-11-18(32)10-15-4-3-5-22(27)23(15)21)8-9-20-24(14)29-26(33-2)30-25(20)31-16-6-7-17(31)13-28-12-16/h3-5,8-11,16-17,28,32H,6-7,12-13H2,1-2H3. The maximum absolute atomic E-state index is 10.4. The van der Waals surface area contributed by atoms with Crippen LogP contribution in [0.15, 0.2) is 42.5 Å². The quantitative estimate of drug-likeness (QED) is 0.445. The molecule has 0 radical (unpaired) electrons. The Balaban J connectivity index is 1.61. The molecular weight excluding hydrogens is 436 g/mol. The zero-order valence-corrected chi connectivity index (χ0v) is 19.4. The summed E-state index contributed by atoms with van der Waals surface area (Å²) in [5.74, 6) is 1.15. The first kappa shape index (κ1) is 20.5. The summed E-state index contributed by atoms with van der Waals surface area (Å²) in [6, 6.07) is 14.7. The minimum Gasteiger partial charge on any atom is -0.508 e. The number of piperazine rings is 1. The summed E-state index contributed by atoms with van der Waals surface area (Å²) >= 11 is 6.61. The summed E-state index contributed by atoms with van der Waals surface area (Å²) < 4.78 is 5.53. The van der Waals surface area contributed by atoms with Gasteiger partial charge in [0.05, 0.1) is 12.6 Å². The van der Waals surface area contributed by atoms with Crippen LogP contribution in [0.2, 0.25) is 5.02 Å². The Morgan fingerprint density at radius 3 is 2.61 bits per heavy atom. The maximum atomic E-state index is 10.4. The number of ether oxygens (including phenoxy) is 1. The summed E-state index contributed by atoms with van der Waals surface area (Å²) in [5, 5.41) is 17.5. The van der Waals surface area contributed by atoms with Gasteiger partial charge >= 0.3 is 6.01 Å². The molecule has 2 aliphatic heterocycles. The molecule has 6 rings (SSSR count). The van der Waals surface area contributed by atoms with Crippen LogP contribution < -0.4 is 15.0 Å². The number of aromatic hydroxyl groups is 1. The molecule has 0 aliphatic carbocycles. The van der Waals surface area contributed by atoms with Crippen LogP contribution in [-0.4, -0.2) is 47.4 Å². The lowest BCUT2D eigenvalue weighted by molar-refractivity contribution is 0.380. The van der Waals surface area contributed by atoms with Crippen molar-refractivity contribution in [2.24, 2.45) is 0 Å². The number of phenolic OH excluding ortho intramolecular Hbond substituents is 1. The average molecular weight is 461 g/mol. The third-order valence-electron chi connectivity index (χ3n) is 7.09. The number of fused-ring (bicyclic) bond motifs is 4. The molecule has 7 heteroatoms. The number of rotatable bonds is 3. The average Bonchev–Trinajstić information content (AvgIpc) is 3.05. The van der Waals surface area contributed by atoms with Gasteiger partial charge in [0.2, 0.25) is 0 Å². The molecule has 2 bridgehead atoms. The van der Waals surface area contributed by atoms with Gasteiger partial charge in [0, 0.05) is 41.0 Å². The van der Waals surface area contributed by atoms with Gasteiger partial charge in [0.1, 0.15) is 11.6 Å². The molecule has 0 saturated carbocycles. The monoisotopic (exact) mass is 460 g/mol. The van der Waals surface area contributed by atoms with E-state index < -0.39 is 0 Å². The first-order valence-corrected chi connectivity index (χ1v) is 11.7. The van der Waals surface area contributed by atoms with Crippen molar-refractivity contribution >= 4 is 39.1 Å². The van der Waals surface area contributed by atoms with Crippen LogP contribution in [0.3, 0.4) is 0 Å². The van der Waals surface area contributed by atoms with Crippen LogP contribution in [0.1, 0.15) is 18.4 Å². The summed E-state index contributed by atoms with van der Waals surface area (Å²) in [4.78, 5) is 12.0. The maximum Gasteiger partial charge on any atom is 0.318 e. The lowest BCUT2D eigenvalue weighted by Gasteiger charge is -2.37. The van der Waals surface area contributed by atoms with Gasteiger partial charge in [-0.05, 0) is 66.1 Å². The van der Waals surface area contributed by atoms with E-state index in [1.54, 1.807) is 19.2 Å². The third kappa shape index (κ3) is 3.20. The molecule has 4 aromatic rings. The number of phenols is 1. The molecule has 2 saturated heterocycles. The number of benzene rings is 3. The Morgan fingerprint density at radius 2 is 1.85 bits per heavy atom. The number of aromatic nitrogens is 2. The van der Waals surface area contributed by atoms with Crippen molar-refractivity contribution in [3.8, 4) is 22.9 Å². The van der Waals surface area contributed by atoms with Crippen molar-refractivity contribution in [1.82, 2.24) is 15.3 Å². The van der Waals surface area contributed by atoms with Gasteiger partial charge in [0.15, 0.2) is 0 Å². The second kappa shape index (κ2) is 7.75. The highest BCUT2D eigenvalue weighted by atomic mass is 35.5. The van der Waals surface area contributed by atoms with E-state index >= 15 is 0 Å². The van der Waals surface area contributed by atoms with Crippen LogP contribution in [-0.2, 0) is 0 Å². The minimum atomic E-state index is 0.206. The molecule has 0 spiro atoms.